The lowest BCUT2D eigenvalue weighted by Gasteiger charge is -2.13. The Bertz CT molecular complexity index is 727. The fourth-order valence-electron chi connectivity index (χ4n) is 2.03. The Kier molecular flexibility index (Phi) is 5.91. The molecular formula is C16H20N4O4. The second-order valence-corrected chi connectivity index (χ2v) is 4.90. The van der Waals surface area contributed by atoms with E-state index in [1.165, 1.54) is 14.2 Å². The van der Waals surface area contributed by atoms with Gasteiger partial charge < -0.3 is 20.1 Å². The lowest BCUT2D eigenvalue weighted by Crippen LogP contribution is -2.20. The van der Waals surface area contributed by atoms with Gasteiger partial charge in [0.05, 0.1) is 18.5 Å². The van der Waals surface area contributed by atoms with E-state index in [0.717, 1.165) is 0 Å². The fraction of sp³-hybridized carbons (Fsp3) is 0.312. The number of amides is 2. The fourth-order valence-corrected chi connectivity index (χ4v) is 2.03. The van der Waals surface area contributed by atoms with Crippen molar-refractivity contribution in [1.29, 1.82) is 0 Å². The number of carbonyl (C=O) groups excluding carboxylic acids is 2. The molecule has 0 aliphatic heterocycles. The molecule has 0 saturated heterocycles. The molecule has 2 amide bonds. The molecule has 0 atom stereocenters. The summed E-state index contributed by atoms with van der Waals surface area (Å²) in [5.41, 5.74) is 1.14. The third-order valence-corrected chi connectivity index (χ3v) is 3.22. The first kappa shape index (κ1) is 17.5. The van der Waals surface area contributed by atoms with Gasteiger partial charge in [0.25, 0.3) is 5.91 Å². The number of nitrogens with one attached hydrogen (secondary N) is 2. The molecule has 2 rings (SSSR count). The average Bonchev–Trinajstić information content (AvgIpc) is 3.06. The number of aromatic nitrogens is 2. The van der Waals surface area contributed by atoms with Crippen LogP contribution in [0.3, 0.4) is 0 Å². The van der Waals surface area contributed by atoms with E-state index in [1.54, 1.807) is 35.1 Å². The van der Waals surface area contributed by atoms with Crippen molar-refractivity contribution in [3.8, 4) is 5.75 Å². The summed E-state index contributed by atoms with van der Waals surface area (Å²) in [4.78, 5) is 24.1. The van der Waals surface area contributed by atoms with Crippen LogP contribution in [0.2, 0.25) is 0 Å². The van der Waals surface area contributed by atoms with Crippen molar-refractivity contribution in [2.24, 2.45) is 0 Å². The van der Waals surface area contributed by atoms with Gasteiger partial charge in [0.1, 0.15) is 12.4 Å². The van der Waals surface area contributed by atoms with Crippen LogP contribution in [0.5, 0.6) is 5.75 Å². The SMILES string of the molecule is CCn1ccc(C(=O)Nc2cc(OC)ccc2NC(=O)COC)n1. The van der Waals surface area contributed by atoms with Gasteiger partial charge in [0.15, 0.2) is 5.69 Å². The standard InChI is InChI=1S/C16H20N4O4/c1-4-20-8-7-13(19-20)16(22)18-14-9-11(24-3)5-6-12(14)17-15(21)10-23-2/h5-9H,4,10H2,1-3H3,(H,17,21)(H,18,22). The van der Waals surface area contributed by atoms with Crippen molar-refractivity contribution < 1.29 is 19.1 Å². The van der Waals surface area contributed by atoms with Gasteiger partial charge in [-0.15, -0.1) is 0 Å². The van der Waals surface area contributed by atoms with E-state index < -0.39 is 0 Å². The maximum Gasteiger partial charge on any atom is 0.276 e. The number of nitrogens with zero attached hydrogens (tertiary/aromatic N) is 2. The van der Waals surface area contributed by atoms with E-state index in [1.807, 2.05) is 6.92 Å². The molecule has 0 aliphatic rings. The zero-order chi connectivity index (χ0) is 17.5. The molecule has 0 unspecified atom stereocenters. The van der Waals surface area contributed by atoms with E-state index in [4.69, 9.17) is 9.47 Å². The largest absolute Gasteiger partial charge is 0.497 e. The molecule has 2 N–H and O–H groups in total. The van der Waals surface area contributed by atoms with Crippen LogP contribution in [-0.2, 0) is 16.1 Å². The third-order valence-electron chi connectivity index (χ3n) is 3.22. The number of aryl methyl sites for hydroxylation is 1. The zero-order valence-electron chi connectivity index (χ0n) is 13.8. The summed E-state index contributed by atoms with van der Waals surface area (Å²) >= 11 is 0. The first-order valence-electron chi connectivity index (χ1n) is 7.39. The molecule has 0 bridgehead atoms. The second-order valence-electron chi connectivity index (χ2n) is 4.90. The Morgan fingerprint density at radius 3 is 2.58 bits per heavy atom. The summed E-state index contributed by atoms with van der Waals surface area (Å²) in [5, 5.41) is 9.57. The van der Waals surface area contributed by atoms with E-state index in [-0.39, 0.29) is 24.1 Å². The molecular weight excluding hydrogens is 312 g/mol. The number of carbonyl (C=O) groups is 2. The van der Waals surface area contributed by atoms with Gasteiger partial charge in [-0.25, -0.2) is 0 Å². The Hall–Kier alpha value is -2.87. The van der Waals surface area contributed by atoms with Gasteiger partial charge in [0.2, 0.25) is 5.91 Å². The molecule has 24 heavy (non-hydrogen) atoms. The third kappa shape index (κ3) is 4.32. The van der Waals surface area contributed by atoms with Crippen LogP contribution in [0, 0.1) is 0 Å². The molecule has 0 radical (unpaired) electrons. The number of hydrogen-bond donors (Lipinski definition) is 2. The molecule has 0 fully saturated rings. The molecule has 1 heterocycles. The van der Waals surface area contributed by atoms with Crippen LogP contribution in [0.15, 0.2) is 30.5 Å². The topological polar surface area (TPSA) is 94.5 Å². The van der Waals surface area contributed by atoms with Gasteiger partial charge in [-0.05, 0) is 25.1 Å². The second kappa shape index (κ2) is 8.11. The van der Waals surface area contributed by atoms with Crippen LogP contribution in [0.1, 0.15) is 17.4 Å². The number of ether oxygens (including phenoxy) is 2. The highest BCUT2D eigenvalue weighted by Gasteiger charge is 2.14. The smallest absolute Gasteiger partial charge is 0.276 e. The number of hydrogen-bond acceptors (Lipinski definition) is 5. The van der Waals surface area contributed by atoms with Gasteiger partial charge >= 0.3 is 0 Å². The zero-order valence-corrected chi connectivity index (χ0v) is 13.8. The van der Waals surface area contributed by atoms with Gasteiger partial charge in [-0.2, -0.15) is 5.10 Å². The van der Waals surface area contributed by atoms with E-state index in [9.17, 15) is 9.59 Å². The van der Waals surface area contributed by atoms with Gasteiger partial charge in [0, 0.05) is 25.9 Å². The highest BCUT2D eigenvalue weighted by molar-refractivity contribution is 6.06. The molecule has 128 valence electrons. The predicted octanol–water partition coefficient (Wildman–Crippen LogP) is 1.75. The van der Waals surface area contributed by atoms with Crippen LogP contribution in [0.4, 0.5) is 11.4 Å². The maximum absolute atomic E-state index is 12.3. The highest BCUT2D eigenvalue weighted by Crippen LogP contribution is 2.27. The first-order valence-corrected chi connectivity index (χ1v) is 7.39. The number of rotatable bonds is 7. The number of methoxy groups -OCH3 is 2. The summed E-state index contributed by atoms with van der Waals surface area (Å²) in [7, 11) is 2.95. The molecule has 0 aliphatic carbocycles. The highest BCUT2D eigenvalue weighted by atomic mass is 16.5. The predicted molar refractivity (Wildman–Crippen MR) is 89.4 cm³/mol. The van der Waals surface area contributed by atoms with Crippen LogP contribution in [0.25, 0.3) is 0 Å². The average molecular weight is 332 g/mol. The van der Waals surface area contributed by atoms with Crippen LogP contribution < -0.4 is 15.4 Å². The molecule has 0 spiro atoms. The van der Waals surface area contributed by atoms with Crippen molar-refractivity contribution in [1.82, 2.24) is 9.78 Å². The van der Waals surface area contributed by atoms with Crippen molar-refractivity contribution in [2.75, 3.05) is 31.5 Å². The minimum Gasteiger partial charge on any atom is -0.497 e. The summed E-state index contributed by atoms with van der Waals surface area (Å²) in [6.07, 6.45) is 1.72. The molecule has 1 aromatic carbocycles. The summed E-state index contributed by atoms with van der Waals surface area (Å²) in [6, 6.07) is 6.58. The number of anilines is 2. The first-order chi connectivity index (χ1) is 11.6. The van der Waals surface area contributed by atoms with Crippen LogP contribution >= 0.6 is 0 Å². The number of benzene rings is 1. The Balaban J connectivity index is 2.22. The quantitative estimate of drug-likeness (QED) is 0.805. The van der Waals surface area contributed by atoms with Gasteiger partial charge in [-0.1, -0.05) is 0 Å². The summed E-state index contributed by atoms with van der Waals surface area (Å²) in [5.74, 6) is -0.153. The maximum atomic E-state index is 12.3. The molecule has 8 heteroatoms. The monoisotopic (exact) mass is 332 g/mol. The van der Waals surface area contributed by atoms with E-state index >= 15 is 0 Å². The van der Waals surface area contributed by atoms with Crippen molar-refractivity contribution in [3.63, 3.8) is 0 Å². The Morgan fingerprint density at radius 1 is 1.17 bits per heavy atom. The van der Waals surface area contributed by atoms with E-state index in [2.05, 4.69) is 15.7 Å². The minimum absolute atomic E-state index is 0.0830. The Labute approximate surface area is 139 Å². The van der Waals surface area contributed by atoms with E-state index in [0.29, 0.717) is 23.7 Å². The van der Waals surface area contributed by atoms with Crippen molar-refractivity contribution in [2.45, 2.75) is 13.5 Å². The molecule has 0 saturated carbocycles. The van der Waals surface area contributed by atoms with Crippen LogP contribution in [-0.4, -0.2) is 42.4 Å². The normalized spacial score (nSPS) is 10.3. The Morgan fingerprint density at radius 2 is 1.96 bits per heavy atom. The lowest BCUT2D eigenvalue weighted by molar-refractivity contribution is -0.119. The summed E-state index contributed by atoms with van der Waals surface area (Å²) in [6.45, 7) is 2.52. The van der Waals surface area contributed by atoms with Crippen molar-refractivity contribution >= 4 is 23.2 Å². The van der Waals surface area contributed by atoms with Gasteiger partial charge in [-0.3, -0.25) is 14.3 Å². The lowest BCUT2D eigenvalue weighted by atomic mass is 10.2. The molecule has 8 nitrogen and oxygen atoms in total. The summed E-state index contributed by atoms with van der Waals surface area (Å²) < 4.78 is 11.6. The molecule has 2 aromatic rings. The minimum atomic E-state index is -0.377. The van der Waals surface area contributed by atoms with Crippen molar-refractivity contribution in [3.05, 3.63) is 36.2 Å². The molecule has 1 aromatic heterocycles.